The molecule has 0 fully saturated rings. The van der Waals surface area contributed by atoms with Gasteiger partial charge in [-0.3, -0.25) is 0 Å². The highest BCUT2D eigenvalue weighted by Crippen LogP contribution is 2.31. The number of para-hydroxylation sites is 2. The minimum Gasteiger partial charge on any atom is -0.352 e. The quantitative estimate of drug-likeness (QED) is 0.721. The highest BCUT2D eigenvalue weighted by molar-refractivity contribution is 5.78. The Morgan fingerprint density at radius 2 is 1.67 bits per heavy atom. The largest absolute Gasteiger partial charge is 0.352 e. The summed E-state index contributed by atoms with van der Waals surface area (Å²) in [6, 6.07) is 8.13. The van der Waals surface area contributed by atoms with Crippen LogP contribution in [-0.4, -0.2) is 0 Å². The first kappa shape index (κ1) is 9.59. The molecule has 0 radical (unpaired) electrons. The third-order valence-electron chi connectivity index (χ3n) is 2.33. The van der Waals surface area contributed by atoms with Gasteiger partial charge < -0.3 is 10.6 Å². The van der Waals surface area contributed by atoms with Crippen LogP contribution in [0.3, 0.4) is 0 Å². The zero-order chi connectivity index (χ0) is 10.7. The fraction of sp³-hybridized carbons (Fsp3) is 0.0769. The molecule has 0 spiro atoms. The number of benzene rings is 1. The van der Waals surface area contributed by atoms with E-state index in [0.717, 1.165) is 22.8 Å². The maximum Gasteiger partial charge on any atom is 0.0624 e. The van der Waals surface area contributed by atoms with Crippen molar-refractivity contribution >= 4 is 11.4 Å². The fourth-order valence-corrected chi connectivity index (χ4v) is 1.60. The molecule has 15 heavy (non-hydrogen) atoms. The summed E-state index contributed by atoms with van der Waals surface area (Å²) in [4.78, 5) is 0. The highest BCUT2D eigenvalue weighted by Gasteiger charge is 2.13. The lowest BCUT2D eigenvalue weighted by Crippen LogP contribution is -2.16. The average molecular weight is 198 g/mol. The lowest BCUT2D eigenvalue weighted by molar-refractivity contribution is 1.27. The summed E-state index contributed by atoms with van der Waals surface area (Å²) in [6.45, 7) is 5.72. The van der Waals surface area contributed by atoms with E-state index in [1.807, 2.05) is 37.3 Å². The van der Waals surface area contributed by atoms with Gasteiger partial charge in [0.1, 0.15) is 0 Å². The van der Waals surface area contributed by atoms with Crippen molar-refractivity contribution in [1.29, 1.82) is 0 Å². The summed E-state index contributed by atoms with van der Waals surface area (Å²) in [7, 11) is 0. The van der Waals surface area contributed by atoms with E-state index in [9.17, 15) is 0 Å². The second kappa shape index (κ2) is 4.05. The molecule has 2 N–H and O–H groups in total. The zero-order valence-corrected chi connectivity index (χ0v) is 8.75. The molecule has 0 amide bonds. The summed E-state index contributed by atoms with van der Waals surface area (Å²) in [5.74, 6) is 0. The van der Waals surface area contributed by atoms with Crippen LogP contribution >= 0.6 is 0 Å². The predicted octanol–water partition coefficient (Wildman–Crippen LogP) is 3.50. The van der Waals surface area contributed by atoms with Crippen molar-refractivity contribution in [3.05, 3.63) is 60.5 Å². The molecule has 0 unspecified atom stereocenters. The van der Waals surface area contributed by atoms with Crippen LogP contribution in [0.25, 0.3) is 0 Å². The third kappa shape index (κ3) is 1.79. The number of rotatable bonds is 1. The second-order valence-electron chi connectivity index (χ2n) is 3.31. The minimum absolute atomic E-state index is 1.05. The number of nitrogens with one attached hydrogen (secondary N) is 2. The Morgan fingerprint density at radius 3 is 2.20 bits per heavy atom. The molecule has 2 nitrogen and oxygen atoms in total. The molecule has 0 atom stereocenters. The van der Waals surface area contributed by atoms with Gasteiger partial charge in [-0.25, -0.2) is 0 Å². The van der Waals surface area contributed by atoms with Crippen molar-refractivity contribution in [2.24, 2.45) is 0 Å². The first-order valence-corrected chi connectivity index (χ1v) is 4.97. The van der Waals surface area contributed by atoms with Crippen molar-refractivity contribution < 1.29 is 0 Å². The normalized spacial score (nSPS) is 19.3. The third-order valence-corrected chi connectivity index (χ3v) is 2.33. The van der Waals surface area contributed by atoms with Gasteiger partial charge in [0.05, 0.1) is 22.8 Å². The van der Waals surface area contributed by atoms with E-state index in [4.69, 9.17) is 0 Å². The molecule has 76 valence electrons. The smallest absolute Gasteiger partial charge is 0.0624 e. The number of fused-ring (bicyclic) bond motifs is 1. The fourth-order valence-electron chi connectivity index (χ4n) is 1.60. The molecular weight excluding hydrogens is 184 g/mol. The minimum atomic E-state index is 1.05. The van der Waals surface area contributed by atoms with Crippen LogP contribution in [0.1, 0.15) is 6.92 Å². The Balaban J connectivity index is 2.44. The van der Waals surface area contributed by atoms with Gasteiger partial charge in [0.2, 0.25) is 0 Å². The molecule has 1 aromatic rings. The van der Waals surface area contributed by atoms with Crippen molar-refractivity contribution in [3.63, 3.8) is 0 Å². The van der Waals surface area contributed by atoms with E-state index in [1.54, 1.807) is 6.08 Å². The van der Waals surface area contributed by atoms with Gasteiger partial charge >= 0.3 is 0 Å². The Kier molecular flexibility index (Phi) is 2.59. The summed E-state index contributed by atoms with van der Waals surface area (Å²) >= 11 is 0. The van der Waals surface area contributed by atoms with Gasteiger partial charge in [-0.1, -0.05) is 30.9 Å². The molecular formula is C13H14N2. The molecule has 2 heteroatoms. The number of hydrogen-bond acceptors (Lipinski definition) is 2. The van der Waals surface area contributed by atoms with E-state index >= 15 is 0 Å². The maximum absolute atomic E-state index is 3.71. The molecule has 1 heterocycles. The average Bonchev–Trinajstić information content (AvgIpc) is 2.28. The Bertz CT molecular complexity index is 442. The van der Waals surface area contributed by atoms with Gasteiger partial charge in [0.25, 0.3) is 0 Å². The van der Waals surface area contributed by atoms with Gasteiger partial charge in [0.15, 0.2) is 0 Å². The Morgan fingerprint density at radius 1 is 1.07 bits per heavy atom. The Labute approximate surface area is 90.0 Å². The van der Waals surface area contributed by atoms with E-state index in [-0.39, 0.29) is 0 Å². The van der Waals surface area contributed by atoms with Crippen molar-refractivity contribution in [2.45, 2.75) is 6.92 Å². The Hall–Kier alpha value is -1.96. The summed E-state index contributed by atoms with van der Waals surface area (Å²) < 4.78 is 0. The van der Waals surface area contributed by atoms with Crippen molar-refractivity contribution in [2.75, 3.05) is 10.6 Å². The van der Waals surface area contributed by atoms with Crippen LogP contribution in [0.2, 0.25) is 0 Å². The number of anilines is 2. The first-order valence-electron chi connectivity index (χ1n) is 4.97. The molecule has 1 aliphatic heterocycles. The SMILES string of the molecule is C=C/C=C1/Nc2ccccc2N/C1=C/C. The monoisotopic (exact) mass is 198 g/mol. The van der Waals surface area contributed by atoms with Crippen LogP contribution < -0.4 is 10.6 Å². The predicted molar refractivity (Wildman–Crippen MR) is 65.7 cm³/mol. The lowest BCUT2D eigenvalue weighted by Gasteiger charge is -2.24. The van der Waals surface area contributed by atoms with Crippen LogP contribution in [0.5, 0.6) is 0 Å². The molecule has 0 saturated heterocycles. The van der Waals surface area contributed by atoms with E-state index in [2.05, 4.69) is 23.3 Å². The van der Waals surface area contributed by atoms with Crippen LogP contribution in [0, 0.1) is 0 Å². The maximum atomic E-state index is 3.71. The van der Waals surface area contributed by atoms with E-state index < -0.39 is 0 Å². The molecule has 1 aliphatic rings. The molecule has 0 aliphatic carbocycles. The number of allylic oxidation sites excluding steroid dienone is 3. The number of hydrogen-bond donors (Lipinski definition) is 2. The first-order chi connectivity index (χ1) is 7.35. The van der Waals surface area contributed by atoms with Gasteiger partial charge in [-0.05, 0) is 25.1 Å². The summed E-state index contributed by atoms with van der Waals surface area (Å²) in [5.41, 5.74) is 4.32. The molecule has 0 bridgehead atoms. The topological polar surface area (TPSA) is 24.1 Å². The van der Waals surface area contributed by atoms with Crippen molar-refractivity contribution in [1.82, 2.24) is 0 Å². The zero-order valence-electron chi connectivity index (χ0n) is 8.75. The van der Waals surface area contributed by atoms with Crippen molar-refractivity contribution in [3.8, 4) is 0 Å². The van der Waals surface area contributed by atoms with E-state index in [1.165, 1.54) is 0 Å². The van der Waals surface area contributed by atoms with Gasteiger partial charge in [-0.2, -0.15) is 0 Å². The molecule has 0 aromatic heterocycles. The highest BCUT2D eigenvalue weighted by atomic mass is 15.1. The van der Waals surface area contributed by atoms with Crippen LogP contribution in [0.15, 0.2) is 60.5 Å². The van der Waals surface area contributed by atoms with Crippen LogP contribution in [0.4, 0.5) is 11.4 Å². The van der Waals surface area contributed by atoms with Crippen LogP contribution in [-0.2, 0) is 0 Å². The molecule has 1 aromatic carbocycles. The van der Waals surface area contributed by atoms with Gasteiger partial charge in [0, 0.05) is 0 Å². The lowest BCUT2D eigenvalue weighted by atomic mass is 10.1. The summed E-state index contributed by atoms with van der Waals surface area (Å²) in [5, 5.41) is 6.72. The van der Waals surface area contributed by atoms with E-state index in [0.29, 0.717) is 0 Å². The van der Waals surface area contributed by atoms with Gasteiger partial charge in [-0.15, -0.1) is 0 Å². The summed E-state index contributed by atoms with van der Waals surface area (Å²) in [6.07, 6.45) is 5.78. The standard InChI is InChI=1S/C13H14N2/c1-3-7-11-10(4-2)14-12-8-5-6-9-13(12)15-11/h3-9,14-15H,1H2,2H3/b10-4+,11-7+. The second-order valence-corrected chi connectivity index (χ2v) is 3.31. The molecule has 0 saturated carbocycles. The molecule has 2 rings (SSSR count).